The minimum atomic E-state index is -0.321. The molecule has 2 aliphatic rings. The number of hydrogen-bond donors (Lipinski definition) is 1. The maximum Gasteiger partial charge on any atom is 0.414 e. The quantitative estimate of drug-likeness (QED) is 0.917. The van der Waals surface area contributed by atoms with E-state index in [2.05, 4.69) is 35.2 Å². The van der Waals surface area contributed by atoms with Crippen LogP contribution in [-0.2, 0) is 4.74 Å². The fourth-order valence-electron chi connectivity index (χ4n) is 3.54. The molecule has 2 aromatic carbocycles. The van der Waals surface area contributed by atoms with Gasteiger partial charge >= 0.3 is 6.09 Å². The molecule has 0 radical (unpaired) electrons. The summed E-state index contributed by atoms with van der Waals surface area (Å²) in [6.45, 7) is 3.11. The van der Waals surface area contributed by atoms with Crippen molar-refractivity contribution in [1.82, 2.24) is 4.90 Å². The maximum atomic E-state index is 12.2. The lowest BCUT2D eigenvalue weighted by molar-refractivity contribution is 0.112. The van der Waals surface area contributed by atoms with Crippen LogP contribution in [0.15, 0.2) is 60.7 Å². The number of ether oxygens (including phenoxy) is 1. The number of nitrogens with zero attached hydrogens (tertiary/aromatic N) is 2. The fraction of sp³-hybridized carbons (Fsp3) is 0.286. The molecule has 2 aliphatic heterocycles. The van der Waals surface area contributed by atoms with Gasteiger partial charge in [-0.25, -0.2) is 4.79 Å². The molecule has 1 fully saturated rings. The van der Waals surface area contributed by atoms with Gasteiger partial charge in [0.05, 0.1) is 6.54 Å². The van der Waals surface area contributed by atoms with E-state index in [0.29, 0.717) is 6.54 Å². The Morgan fingerprint density at radius 3 is 2.54 bits per heavy atom. The Morgan fingerprint density at radius 1 is 1.08 bits per heavy atom. The molecule has 5 nitrogen and oxygen atoms in total. The van der Waals surface area contributed by atoms with Crippen molar-refractivity contribution in [1.29, 1.82) is 0 Å². The van der Waals surface area contributed by atoms with Crippen molar-refractivity contribution in [2.75, 3.05) is 31.1 Å². The smallest absolute Gasteiger partial charge is 0.414 e. The van der Waals surface area contributed by atoms with Crippen LogP contribution in [0.4, 0.5) is 10.5 Å². The van der Waals surface area contributed by atoms with E-state index in [1.165, 1.54) is 11.1 Å². The van der Waals surface area contributed by atoms with Crippen LogP contribution in [0.2, 0.25) is 0 Å². The Hall–Kier alpha value is -2.79. The fourth-order valence-corrected chi connectivity index (χ4v) is 3.54. The van der Waals surface area contributed by atoms with Gasteiger partial charge in [0, 0.05) is 25.3 Å². The zero-order valence-electron chi connectivity index (χ0n) is 14.5. The highest BCUT2D eigenvalue weighted by Gasteiger charge is 2.33. The molecule has 4 rings (SSSR count). The largest absolute Gasteiger partial charge is 0.508 e. The van der Waals surface area contributed by atoms with Crippen LogP contribution < -0.4 is 4.90 Å². The summed E-state index contributed by atoms with van der Waals surface area (Å²) < 4.78 is 5.53. The molecule has 0 spiro atoms. The molecule has 2 heterocycles. The van der Waals surface area contributed by atoms with Crippen LogP contribution >= 0.6 is 0 Å². The van der Waals surface area contributed by atoms with E-state index in [9.17, 15) is 9.90 Å². The first-order valence-corrected chi connectivity index (χ1v) is 8.93. The van der Waals surface area contributed by atoms with Gasteiger partial charge in [-0.15, -0.1) is 0 Å². The molecule has 1 N–H and O–H groups in total. The second-order valence-electron chi connectivity index (χ2n) is 6.74. The standard InChI is InChI=1S/C21H22N2O3/c24-19-8-6-18(7-9-19)23-15-20(26-21(23)25)14-22-12-10-17(11-13-22)16-4-2-1-3-5-16/h1-10,20,24H,11-15H2. The summed E-state index contributed by atoms with van der Waals surface area (Å²) in [5.74, 6) is 0.187. The van der Waals surface area contributed by atoms with Crippen LogP contribution in [0.1, 0.15) is 12.0 Å². The summed E-state index contributed by atoms with van der Waals surface area (Å²) >= 11 is 0. The van der Waals surface area contributed by atoms with Gasteiger partial charge in [-0.2, -0.15) is 0 Å². The average Bonchev–Trinajstić information content (AvgIpc) is 3.04. The molecule has 0 aromatic heterocycles. The van der Waals surface area contributed by atoms with Crippen molar-refractivity contribution in [3.05, 3.63) is 66.2 Å². The number of aromatic hydroxyl groups is 1. The minimum absolute atomic E-state index is 0.136. The van der Waals surface area contributed by atoms with E-state index in [1.807, 2.05) is 6.07 Å². The number of carbonyl (C=O) groups excluding carboxylic acids is 1. The van der Waals surface area contributed by atoms with Crippen molar-refractivity contribution < 1.29 is 14.6 Å². The number of benzene rings is 2. The van der Waals surface area contributed by atoms with Gasteiger partial charge in [-0.05, 0) is 41.8 Å². The number of anilines is 1. The van der Waals surface area contributed by atoms with Crippen molar-refractivity contribution in [2.45, 2.75) is 12.5 Å². The van der Waals surface area contributed by atoms with Gasteiger partial charge in [-0.1, -0.05) is 36.4 Å². The highest BCUT2D eigenvalue weighted by atomic mass is 16.6. The third kappa shape index (κ3) is 3.58. The first kappa shape index (κ1) is 16.7. The summed E-state index contributed by atoms with van der Waals surface area (Å²) in [7, 11) is 0. The second-order valence-corrected chi connectivity index (χ2v) is 6.74. The van der Waals surface area contributed by atoms with Crippen LogP contribution in [0.3, 0.4) is 0 Å². The lowest BCUT2D eigenvalue weighted by Gasteiger charge is -2.28. The lowest BCUT2D eigenvalue weighted by Crippen LogP contribution is -2.37. The van der Waals surface area contributed by atoms with E-state index >= 15 is 0 Å². The first-order valence-electron chi connectivity index (χ1n) is 8.93. The minimum Gasteiger partial charge on any atom is -0.508 e. The summed E-state index contributed by atoms with van der Waals surface area (Å²) in [4.78, 5) is 16.1. The molecule has 0 bridgehead atoms. The summed E-state index contributed by atoms with van der Waals surface area (Å²) in [5, 5.41) is 9.39. The Kier molecular flexibility index (Phi) is 4.63. The van der Waals surface area contributed by atoms with Crippen LogP contribution in [-0.4, -0.2) is 48.4 Å². The number of amides is 1. The average molecular weight is 350 g/mol. The lowest BCUT2D eigenvalue weighted by atomic mass is 9.99. The van der Waals surface area contributed by atoms with Gasteiger partial charge < -0.3 is 9.84 Å². The third-order valence-electron chi connectivity index (χ3n) is 4.94. The number of carbonyl (C=O) groups is 1. The van der Waals surface area contributed by atoms with Crippen molar-refractivity contribution in [3.8, 4) is 5.75 Å². The predicted octanol–water partition coefficient (Wildman–Crippen LogP) is 3.51. The maximum absolute atomic E-state index is 12.2. The Bertz CT molecular complexity index is 802. The highest BCUT2D eigenvalue weighted by molar-refractivity contribution is 5.89. The normalized spacial score (nSPS) is 20.8. The SMILES string of the molecule is O=C1OC(CN2CC=C(c3ccccc3)CC2)CN1c1ccc(O)cc1. The predicted molar refractivity (Wildman–Crippen MR) is 101 cm³/mol. The van der Waals surface area contributed by atoms with Crippen LogP contribution in [0, 0.1) is 0 Å². The molecule has 0 aliphatic carbocycles. The van der Waals surface area contributed by atoms with Crippen LogP contribution in [0.25, 0.3) is 5.57 Å². The van der Waals surface area contributed by atoms with E-state index in [1.54, 1.807) is 29.2 Å². The second kappa shape index (κ2) is 7.22. The zero-order valence-corrected chi connectivity index (χ0v) is 14.5. The molecule has 5 heteroatoms. The monoisotopic (exact) mass is 350 g/mol. The van der Waals surface area contributed by atoms with Crippen molar-refractivity contribution >= 4 is 17.4 Å². The molecular weight excluding hydrogens is 328 g/mol. The number of phenolic OH excluding ortho intramolecular Hbond substituents is 1. The van der Waals surface area contributed by atoms with Crippen molar-refractivity contribution in [2.24, 2.45) is 0 Å². The number of cyclic esters (lactones) is 1. The first-order chi connectivity index (χ1) is 12.7. The summed E-state index contributed by atoms with van der Waals surface area (Å²) in [5.41, 5.74) is 3.43. The summed E-state index contributed by atoms with van der Waals surface area (Å²) in [6.07, 6.45) is 2.82. The van der Waals surface area contributed by atoms with Crippen LogP contribution in [0.5, 0.6) is 5.75 Å². The van der Waals surface area contributed by atoms with E-state index < -0.39 is 0 Å². The molecule has 1 saturated heterocycles. The van der Waals surface area contributed by atoms with Crippen molar-refractivity contribution in [3.63, 3.8) is 0 Å². The molecule has 26 heavy (non-hydrogen) atoms. The third-order valence-corrected chi connectivity index (χ3v) is 4.94. The molecular formula is C21H22N2O3. The number of rotatable bonds is 4. The van der Waals surface area contributed by atoms with Gasteiger partial charge in [0.25, 0.3) is 0 Å². The molecule has 1 atom stereocenters. The summed E-state index contributed by atoms with van der Waals surface area (Å²) in [6, 6.07) is 17.1. The van der Waals surface area contributed by atoms with Gasteiger partial charge in [-0.3, -0.25) is 9.80 Å². The van der Waals surface area contributed by atoms with Gasteiger partial charge in [0.15, 0.2) is 0 Å². The Balaban J connectivity index is 1.35. The van der Waals surface area contributed by atoms with E-state index in [0.717, 1.165) is 31.7 Å². The molecule has 0 saturated carbocycles. The zero-order chi connectivity index (χ0) is 17.9. The number of phenols is 1. The highest BCUT2D eigenvalue weighted by Crippen LogP contribution is 2.26. The number of hydrogen-bond acceptors (Lipinski definition) is 4. The molecule has 2 aromatic rings. The van der Waals surface area contributed by atoms with E-state index in [4.69, 9.17) is 4.74 Å². The Morgan fingerprint density at radius 2 is 1.85 bits per heavy atom. The molecule has 134 valence electrons. The van der Waals surface area contributed by atoms with E-state index in [-0.39, 0.29) is 17.9 Å². The van der Waals surface area contributed by atoms with Gasteiger partial charge in [0.2, 0.25) is 0 Å². The molecule has 1 amide bonds. The van der Waals surface area contributed by atoms with Gasteiger partial charge in [0.1, 0.15) is 11.9 Å². The Labute approximate surface area is 153 Å². The topological polar surface area (TPSA) is 53.0 Å². The molecule has 1 unspecified atom stereocenters.